The molecule has 4 heteroatoms. The van der Waals surface area contributed by atoms with E-state index < -0.39 is 0 Å². The monoisotopic (exact) mass is 172 g/mol. The van der Waals surface area contributed by atoms with E-state index in [9.17, 15) is 4.79 Å². The number of carbonyl (C=O) groups excluding carboxylic acids is 1. The van der Waals surface area contributed by atoms with Gasteiger partial charge in [-0.1, -0.05) is 6.58 Å². The van der Waals surface area contributed by atoms with E-state index in [2.05, 4.69) is 17.4 Å². The van der Waals surface area contributed by atoms with Crippen LogP contribution in [-0.2, 0) is 4.79 Å². The Morgan fingerprint density at radius 3 is 2.75 bits per heavy atom. The number of aliphatic hydroxyl groups excluding tert-OH is 1. The maximum Gasteiger partial charge on any atom is 0.257 e. The summed E-state index contributed by atoms with van der Waals surface area (Å²) in [4.78, 5) is 10.6. The molecule has 0 aromatic heterocycles. The third-order valence-electron chi connectivity index (χ3n) is 1.36. The molecule has 0 aromatic carbocycles. The molecule has 0 spiro atoms. The van der Waals surface area contributed by atoms with Crippen LogP contribution in [0.4, 0.5) is 0 Å². The zero-order valence-corrected chi connectivity index (χ0v) is 7.18. The normalized spacial score (nSPS) is 9.42. The number of rotatable bonds is 7. The van der Waals surface area contributed by atoms with Crippen molar-refractivity contribution in [2.24, 2.45) is 0 Å². The molecule has 0 atom stereocenters. The zero-order valence-electron chi connectivity index (χ0n) is 7.18. The maximum atomic E-state index is 10.6. The molecule has 0 saturated heterocycles. The highest BCUT2D eigenvalue weighted by Crippen LogP contribution is 1.90. The molecule has 0 saturated carbocycles. The number of unbranched alkanes of at least 4 members (excludes halogenated alkanes) is 2. The summed E-state index contributed by atoms with van der Waals surface area (Å²) in [5, 5.41) is 8.45. The largest absolute Gasteiger partial charge is 0.396 e. The second kappa shape index (κ2) is 8.23. The summed E-state index contributed by atoms with van der Waals surface area (Å²) in [6.07, 6.45) is 3.93. The molecule has 12 heavy (non-hydrogen) atoms. The van der Waals surface area contributed by atoms with Gasteiger partial charge >= 0.3 is 0 Å². The lowest BCUT2D eigenvalue weighted by Crippen LogP contribution is -2.36. The van der Waals surface area contributed by atoms with Crippen molar-refractivity contribution in [3.63, 3.8) is 0 Å². The van der Waals surface area contributed by atoms with E-state index in [1.165, 1.54) is 6.08 Å². The van der Waals surface area contributed by atoms with Crippen LogP contribution in [0.1, 0.15) is 19.3 Å². The van der Waals surface area contributed by atoms with Gasteiger partial charge in [-0.3, -0.25) is 10.2 Å². The number of hydrogen-bond donors (Lipinski definition) is 3. The van der Waals surface area contributed by atoms with E-state index >= 15 is 0 Å². The first-order valence-corrected chi connectivity index (χ1v) is 4.07. The number of hydrazine groups is 1. The van der Waals surface area contributed by atoms with Crippen molar-refractivity contribution >= 4 is 5.91 Å². The Hall–Kier alpha value is -0.870. The number of carbonyl (C=O) groups is 1. The molecular formula is C8H16N2O2. The predicted octanol–water partition coefficient (Wildman–Crippen LogP) is -0.0442. The summed E-state index contributed by atoms with van der Waals surface area (Å²) in [6, 6.07) is 0. The first-order valence-electron chi connectivity index (χ1n) is 4.07. The quantitative estimate of drug-likeness (QED) is 0.287. The number of aliphatic hydroxyl groups is 1. The van der Waals surface area contributed by atoms with Gasteiger partial charge in [0.15, 0.2) is 0 Å². The molecule has 0 aromatic rings. The summed E-state index contributed by atoms with van der Waals surface area (Å²) in [5.41, 5.74) is 5.18. The summed E-state index contributed by atoms with van der Waals surface area (Å²) < 4.78 is 0. The minimum atomic E-state index is -0.225. The number of nitrogens with one attached hydrogen (secondary N) is 2. The molecule has 0 radical (unpaired) electrons. The molecule has 0 aliphatic carbocycles. The van der Waals surface area contributed by atoms with E-state index in [0.29, 0.717) is 0 Å². The van der Waals surface area contributed by atoms with Gasteiger partial charge in [-0.05, 0) is 25.3 Å². The zero-order chi connectivity index (χ0) is 9.23. The van der Waals surface area contributed by atoms with Crippen LogP contribution in [0.2, 0.25) is 0 Å². The van der Waals surface area contributed by atoms with Crippen molar-refractivity contribution in [3.8, 4) is 0 Å². The lowest BCUT2D eigenvalue weighted by Gasteiger charge is -2.03. The molecule has 4 nitrogen and oxygen atoms in total. The molecule has 0 rings (SSSR count). The smallest absolute Gasteiger partial charge is 0.257 e. The van der Waals surface area contributed by atoms with E-state index in [-0.39, 0.29) is 12.5 Å². The second-order valence-electron chi connectivity index (χ2n) is 2.40. The van der Waals surface area contributed by atoms with Crippen LogP contribution in [0.25, 0.3) is 0 Å². The van der Waals surface area contributed by atoms with Gasteiger partial charge in [0.2, 0.25) is 0 Å². The summed E-state index contributed by atoms with van der Waals surface area (Å²) in [5.74, 6) is -0.225. The summed E-state index contributed by atoms with van der Waals surface area (Å²) >= 11 is 0. The fraction of sp³-hybridized carbons (Fsp3) is 0.625. The van der Waals surface area contributed by atoms with Crippen molar-refractivity contribution in [3.05, 3.63) is 12.7 Å². The molecule has 0 aliphatic heterocycles. The fourth-order valence-electron chi connectivity index (χ4n) is 0.703. The Morgan fingerprint density at radius 2 is 2.17 bits per heavy atom. The molecular weight excluding hydrogens is 156 g/mol. The minimum Gasteiger partial charge on any atom is -0.396 e. The van der Waals surface area contributed by atoms with Gasteiger partial charge in [-0.25, -0.2) is 5.43 Å². The SMILES string of the molecule is C=CC(=O)NNCCCCCO. The standard InChI is InChI=1S/C8H16N2O2/c1-2-8(12)10-9-6-4-3-5-7-11/h2,9,11H,1,3-7H2,(H,10,12). The fourth-order valence-corrected chi connectivity index (χ4v) is 0.703. The average molecular weight is 172 g/mol. The van der Waals surface area contributed by atoms with Gasteiger partial charge in [0, 0.05) is 13.2 Å². The van der Waals surface area contributed by atoms with Crippen LogP contribution >= 0.6 is 0 Å². The first-order chi connectivity index (χ1) is 5.81. The second-order valence-corrected chi connectivity index (χ2v) is 2.40. The Kier molecular flexibility index (Phi) is 7.63. The third kappa shape index (κ3) is 7.24. The van der Waals surface area contributed by atoms with E-state index in [0.717, 1.165) is 25.8 Å². The first kappa shape index (κ1) is 11.1. The van der Waals surface area contributed by atoms with Crippen molar-refractivity contribution < 1.29 is 9.90 Å². The lowest BCUT2D eigenvalue weighted by molar-refractivity contribution is -0.117. The highest BCUT2D eigenvalue weighted by Gasteiger charge is 1.91. The van der Waals surface area contributed by atoms with Crippen LogP contribution in [0.5, 0.6) is 0 Å². The minimum absolute atomic E-state index is 0.225. The molecule has 0 aliphatic rings. The van der Waals surface area contributed by atoms with Gasteiger partial charge in [-0.15, -0.1) is 0 Å². The Labute approximate surface area is 72.6 Å². The highest BCUT2D eigenvalue weighted by molar-refractivity contribution is 5.86. The molecule has 1 amide bonds. The van der Waals surface area contributed by atoms with Crippen LogP contribution in [0.3, 0.4) is 0 Å². The van der Waals surface area contributed by atoms with Crippen molar-refractivity contribution in [1.29, 1.82) is 0 Å². The highest BCUT2D eigenvalue weighted by atomic mass is 16.2. The van der Waals surface area contributed by atoms with Crippen molar-refractivity contribution in [2.75, 3.05) is 13.2 Å². The topological polar surface area (TPSA) is 61.4 Å². The average Bonchev–Trinajstić information content (AvgIpc) is 2.10. The Morgan fingerprint density at radius 1 is 1.42 bits per heavy atom. The van der Waals surface area contributed by atoms with E-state index in [1.807, 2.05) is 0 Å². The van der Waals surface area contributed by atoms with Gasteiger partial charge in [0.25, 0.3) is 5.91 Å². The van der Waals surface area contributed by atoms with Crippen molar-refractivity contribution in [1.82, 2.24) is 10.9 Å². The van der Waals surface area contributed by atoms with Crippen LogP contribution < -0.4 is 10.9 Å². The van der Waals surface area contributed by atoms with Crippen molar-refractivity contribution in [2.45, 2.75) is 19.3 Å². The molecule has 0 unspecified atom stereocenters. The Balaban J connectivity index is 3.00. The van der Waals surface area contributed by atoms with Gasteiger partial charge < -0.3 is 5.11 Å². The van der Waals surface area contributed by atoms with Gasteiger partial charge in [-0.2, -0.15) is 0 Å². The Bertz CT molecular complexity index is 137. The molecule has 70 valence electrons. The predicted molar refractivity (Wildman–Crippen MR) is 47.3 cm³/mol. The summed E-state index contributed by atoms with van der Waals surface area (Å²) in [6.45, 7) is 4.26. The molecule has 0 heterocycles. The molecule has 0 bridgehead atoms. The molecule has 0 fully saturated rings. The molecule has 3 N–H and O–H groups in total. The van der Waals surface area contributed by atoms with Crippen LogP contribution in [0, 0.1) is 0 Å². The number of amides is 1. The third-order valence-corrected chi connectivity index (χ3v) is 1.36. The number of hydrogen-bond acceptors (Lipinski definition) is 3. The van der Waals surface area contributed by atoms with E-state index in [4.69, 9.17) is 5.11 Å². The van der Waals surface area contributed by atoms with Crippen LogP contribution in [-0.4, -0.2) is 24.2 Å². The van der Waals surface area contributed by atoms with Gasteiger partial charge in [0.05, 0.1) is 0 Å². The van der Waals surface area contributed by atoms with Gasteiger partial charge in [0.1, 0.15) is 0 Å². The lowest BCUT2D eigenvalue weighted by atomic mass is 10.2. The maximum absolute atomic E-state index is 10.6. The summed E-state index contributed by atoms with van der Waals surface area (Å²) in [7, 11) is 0. The van der Waals surface area contributed by atoms with E-state index in [1.54, 1.807) is 0 Å². The van der Waals surface area contributed by atoms with Crippen LogP contribution in [0.15, 0.2) is 12.7 Å².